The molecule has 2 aromatic carbocycles. The van der Waals surface area contributed by atoms with Crippen molar-refractivity contribution in [1.29, 1.82) is 0 Å². The van der Waals surface area contributed by atoms with Gasteiger partial charge >= 0.3 is 0 Å². The van der Waals surface area contributed by atoms with Gasteiger partial charge in [0.05, 0.1) is 4.90 Å². The number of hydrogen-bond donors (Lipinski definition) is 1. The summed E-state index contributed by atoms with van der Waals surface area (Å²) in [5, 5.41) is 2.82. The molecule has 6 heteroatoms. The zero-order chi connectivity index (χ0) is 18.7. The Morgan fingerprint density at radius 3 is 2.46 bits per heavy atom. The van der Waals surface area contributed by atoms with Crippen LogP contribution in [0.4, 0.5) is 5.69 Å². The summed E-state index contributed by atoms with van der Waals surface area (Å²) in [5.74, 6) is 0.176. The summed E-state index contributed by atoms with van der Waals surface area (Å²) in [5.41, 5.74) is 2.07. The maximum atomic E-state index is 12.8. The van der Waals surface area contributed by atoms with E-state index in [1.807, 2.05) is 25.1 Å². The van der Waals surface area contributed by atoms with Crippen molar-refractivity contribution in [2.45, 2.75) is 31.6 Å². The van der Waals surface area contributed by atoms with Gasteiger partial charge in [0.25, 0.3) is 5.91 Å². The monoisotopic (exact) mass is 372 g/mol. The second kappa shape index (κ2) is 7.60. The van der Waals surface area contributed by atoms with Crippen molar-refractivity contribution in [3.05, 3.63) is 59.7 Å². The van der Waals surface area contributed by atoms with E-state index >= 15 is 0 Å². The second-order valence-electron chi connectivity index (χ2n) is 6.90. The summed E-state index contributed by atoms with van der Waals surface area (Å²) in [6.07, 6.45) is 1.96. The number of sulfonamides is 1. The maximum Gasteiger partial charge on any atom is 0.255 e. The van der Waals surface area contributed by atoms with Crippen LogP contribution in [-0.2, 0) is 10.0 Å². The zero-order valence-corrected chi connectivity index (χ0v) is 15.9. The van der Waals surface area contributed by atoms with Gasteiger partial charge in [0.15, 0.2) is 0 Å². The van der Waals surface area contributed by atoms with Gasteiger partial charge in [-0.3, -0.25) is 4.79 Å². The fourth-order valence-electron chi connectivity index (χ4n) is 3.25. The quantitative estimate of drug-likeness (QED) is 0.890. The highest BCUT2D eigenvalue weighted by molar-refractivity contribution is 7.89. The third kappa shape index (κ3) is 3.97. The standard InChI is InChI=1S/C20H24N2O3S/c1-15-6-5-13-22(14-15)26(24,25)18-11-9-17(10-12-18)21-20(23)19-8-4-3-7-16(19)2/h3-4,7-12,15H,5-6,13-14H2,1-2H3,(H,21,23). The molecule has 0 aliphatic carbocycles. The lowest BCUT2D eigenvalue weighted by Crippen LogP contribution is -2.39. The van der Waals surface area contributed by atoms with Crippen LogP contribution in [0, 0.1) is 12.8 Å². The van der Waals surface area contributed by atoms with Gasteiger partial charge in [0, 0.05) is 24.3 Å². The number of nitrogens with one attached hydrogen (secondary N) is 1. The Morgan fingerprint density at radius 1 is 1.12 bits per heavy atom. The molecule has 26 heavy (non-hydrogen) atoms. The minimum Gasteiger partial charge on any atom is -0.322 e. The van der Waals surface area contributed by atoms with Crippen LogP contribution in [0.25, 0.3) is 0 Å². The number of carbonyl (C=O) groups is 1. The molecule has 1 fully saturated rings. The van der Waals surface area contributed by atoms with Crippen LogP contribution in [0.5, 0.6) is 0 Å². The molecule has 1 aliphatic heterocycles. The van der Waals surface area contributed by atoms with E-state index in [0.717, 1.165) is 18.4 Å². The molecule has 1 aliphatic rings. The first-order valence-electron chi connectivity index (χ1n) is 8.85. The average molecular weight is 372 g/mol. The Hall–Kier alpha value is -2.18. The maximum absolute atomic E-state index is 12.8. The molecule has 0 bridgehead atoms. The van der Waals surface area contributed by atoms with Gasteiger partial charge < -0.3 is 5.32 Å². The van der Waals surface area contributed by atoms with Gasteiger partial charge in [-0.15, -0.1) is 0 Å². The number of amides is 1. The molecular weight excluding hydrogens is 348 g/mol. The lowest BCUT2D eigenvalue weighted by molar-refractivity contribution is 0.102. The molecule has 0 radical (unpaired) electrons. The van der Waals surface area contributed by atoms with Crippen molar-refractivity contribution in [3.63, 3.8) is 0 Å². The van der Waals surface area contributed by atoms with E-state index in [2.05, 4.69) is 12.2 Å². The highest BCUT2D eigenvalue weighted by atomic mass is 32.2. The molecule has 3 rings (SSSR count). The van der Waals surface area contributed by atoms with E-state index in [-0.39, 0.29) is 10.8 Å². The average Bonchev–Trinajstić information content (AvgIpc) is 2.62. The Morgan fingerprint density at radius 2 is 1.81 bits per heavy atom. The molecule has 1 unspecified atom stereocenters. The van der Waals surface area contributed by atoms with Crippen molar-refractivity contribution in [1.82, 2.24) is 4.31 Å². The molecule has 5 nitrogen and oxygen atoms in total. The molecule has 1 saturated heterocycles. The fraction of sp³-hybridized carbons (Fsp3) is 0.350. The number of nitrogens with zero attached hydrogens (tertiary/aromatic N) is 1. The number of piperidine rings is 1. The largest absolute Gasteiger partial charge is 0.322 e. The van der Waals surface area contributed by atoms with Crippen LogP contribution in [0.1, 0.15) is 35.7 Å². The van der Waals surface area contributed by atoms with Gasteiger partial charge in [0.2, 0.25) is 10.0 Å². The number of carbonyl (C=O) groups excluding carboxylic acids is 1. The van der Waals surface area contributed by atoms with Crippen molar-refractivity contribution in [3.8, 4) is 0 Å². The van der Waals surface area contributed by atoms with E-state index in [1.54, 1.807) is 34.6 Å². The summed E-state index contributed by atoms with van der Waals surface area (Å²) in [6.45, 7) is 5.09. The third-order valence-corrected chi connectivity index (χ3v) is 6.64. The number of rotatable bonds is 4. The van der Waals surface area contributed by atoms with Crippen molar-refractivity contribution in [2.24, 2.45) is 5.92 Å². The Labute approximate surface area is 155 Å². The molecule has 138 valence electrons. The highest BCUT2D eigenvalue weighted by Crippen LogP contribution is 2.24. The van der Waals surface area contributed by atoms with Gasteiger partial charge in [-0.2, -0.15) is 4.31 Å². The zero-order valence-electron chi connectivity index (χ0n) is 15.1. The van der Waals surface area contributed by atoms with E-state index in [0.29, 0.717) is 30.3 Å². The van der Waals surface area contributed by atoms with Gasteiger partial charge in [-0.25, -0.2) is 8.42 Å². The van der Waals surface area contributed by atoms with Gasteiger partial charge in [0.1, 0.15) is 0 Å². The smallest absolute Gasteiger partial charge is 0.255 e. The van der Waals surface area contributed by atoms with E-state index < -0.39 is 10.0 Å². The Balaban J connectivity index is 1.74. The van der Waals surface area contributed by atoms with Gasteiger partial charge in [-0.05, 0) is 61.6 Å². The Kier molecular flexibility index (Phi) is 5.44. The molecule has 0 aromatic heterocycles. The summed E-state index contributed by atoms with van der Waals surface area (Å²) in [6, 6.07) is 13.7. The van der Waals surface area contributed by atoms with Crippen LogP contribution >= 0.6 is 0 Å². The minimum absolute atomic E-state index is 0.205. The third-order valence-electron chi connectivity index (χ3n) is 4.76. The second-order valence-corrected chi connectivity index (χ2v) is 8.84. The number of benzene rings is 2. The summed E-state index contributed by atoms with van der Waals surface area (Å²) in [7, 11) is -3.48. The van der Waals surface area contributed by atoms with Crippen LogP contribution in [0.2, 0.25) is 0 Å². The van der Waals surface area contributed by atoms with Gasteiger partial charge in [-0.1, -0.05) is 25.1 Å². The molecule has 1 N–H and O–H groups in total. The first-order chi connectivity index (χ1) is 12.4. The molecule has 0 saturated carbocycles. The molecule has 1 amide bonds. The minimum atomic E-state index is -3.48. The van der Waals surface area contributed by atoms with Crippen molar-refractivity contribution >= 4 is 21.6 Å². The van der Waals surface area contributed by atoms with Crippen molar-refractivity contribution in [2.75, 3.05) is 18.4 Å². The summed E-state index contributed by atoms with van der Waals surface area (Å²) in [4.78, 5) is 12.6. The fourth-order valence-corrected chi connectivity index (χ4v) is 4.85. The Bertz CT molecular complexity index is 892. The number of anilines is 1. The molecular formula is C20H24N2O3S. The first-order valence-corrected chi connectivity index (χ1v) is 10.3. The SMILES string of the molecule is Cc1ccccc1C(=O)Nc1ccc(S(=O)(=O)N2CCCC(C)C2)cc1. The molecule has 1 atom stereocenters. The summed E-state index contributed by atoms with van der Waals surface area (Å²) < 4.78 is 27.1. The predicted octanol–water partition coefficient (Wildman–Crippen LogP) is 3.67. The topological polar surface area (TPSA) is 66.5 Å². The van der Waals surface area contributed by atoms with Crippen molar-refractivity contribution < 1.29 is 13.2 Å². The molecule has 0 spiro atoms. The van der Waals surface area contributed by atoms with Crippen LogP contribution in [0.15, 0.2) is 53.4 Å². The predicted molar refractivity (Wildman–Crippen MR) is 103 cm³/mol. The number of hydrogen-bond acceptors (Lipinski definition) is 3. The lowest BCUT2D eigenvalue weighted by Gasteiger charge is -2.30. The number of aryl methyl sites for hydroxylation is 1. The van der Waals surface area contributed by atoms with E-state index in [4.69, 9.17) is 0 Å². The summed E-state index contributed by atoms with van der Waals surface area (Å²) >= 11 is 0. The van der Waals surface area contributed by atoms with Crippen LogP contribution < -0.4 is 5.32 Å². The molecule has 2 aromatic rings. The van der Waals surface area contributed by atoms with E-state index in [1.165, 1.54) is 0 Å². The highest BCUT2D eigenvalue weighted by Gasteiger charge is 2.28. The first kappa shape index (κ1) is 18.6. The van der Waals surface area contributed by atoms with Crippen LogP contribution in [-0.4, -0.2) is 31.7 Å². The normalized spacial score (nSPS) is 18.5. The van der Waals surface area contributed by atoms with Crippen LogP contribution in [0.3, 0.4) is 0 Å². The lowest BCUT2D eigenvalue weighted by atomic mass is 10.0. The molecule has 1 heterocycles. The van der Waals surface area contributed by atoms with E-state index in [9.17, 15) is 13.2 Å².